The van der Waals surface area contributed by atoms with Gasteiger partial charge in [-0.05, 0) is 0 Å². The van der Waals surface area contributed by atoms with Crippen molar-refractivity contribution in [1.82, 2.24) is 9.62 Å². The monoisotopic (exact) mass is 164 g/mol. The molecule has 0 aromatic rings. The van der Waals surface area contributed by atoms with Crippen LogP contribution in [-0.2, 0) is 10.1 Å². The second kappa shape index (κ2) is 2.83. The van der Waals surface area contributed by atoms with E-state index in [2.05, 4.69) is 5.32 Å². The molecular formula is C4H12N4OS. The average molecular weight is 164 g/mol. The van der Waals surface area contributed by atoms with Crippen LogP contribution in [0.5, 0.6) is 0 Å². The Morgan fingerprint density at radius 3 is 2.30 bits per heavy atom. The van der Waals surface area contributed by atoms with Crippen molar-refractivity contribution in [2.45, 2.75) is 0 Å². The van der Waals surface area contributed by atoms with Gasteiger partial charge in [-0.15, -0.1) is 0 Å². The maximum atomic E-state index is 10.9. The second-order valence-corrected chi connectivity index (χ2v) is 3.90. The Morgan fingerprint density at radius 1 is 1.50 bits per heavy atom. The Kier molecular flexibility index (Phi) is 2.24. The Labute approximate surface area is 60.8 Å². The number of nitrogens with two attached hydrogens (primary N) is 1. The van der Waals surface area contributed by atoms with Crippen molar-refractivity contribution in [3.63, 3.8) is 0 Å². The largest absolute Gasteiger partial charge is 0.314 e. The molecule has 5 nitrogen and oxygen atoms in total. The van der Waals surface area contributed by atoms with E-state index in [-0.39, 0.29) is 0 Å². The van der Waals surface area contributed by atoms with Crippen LogP contribution in [0.1, 0.15) is 0 Å². The van der Waals surface area contributed by atoms with E-state index in [9.17, 15) is 4.21 Å². The molecule has 0 saturated carbocycles. The maximum absolute atomic E-state index is 10.9. The normalized spacial score (nSPS) is 27.7. The molecule has 1 heterocycles. The predicted molar refractivity (Wildman–Crippen MR) is 39.5 cm³/mol. The van der Waals surface area contributed by atoms with Crippen molar-refractivity contribution in [2.24, 2.45) is 5.14 Å². The van der Waals surface area contributed by atoms with Crippen molar-refractivity contribution in [3.05, 3.63) is 0 Å². The van der Waals surface area contributed by atoms with E-state index < -0.39 is 10.1 Å². The molecule has 1 aliphatic rings. The van der Waals surface area contributed by atoms with Gasteiger partial charge in [0.25, 0.3) is 0 Å². The summed E-state index contributed by atoms with van der Waals surface area (Å²) in [7, 11) is -2.93. The van der Waals surface area contributed by atoms with Gasteiger partial charge in [0.05, 0.1) is 0 Å². The zero-order valence-electron chi connectivity index (χ0n) is 5.67. The lowest BCUT2D eigenvalue weighted by molar-refractivity contribution is 0.376. The molecule has 60 valence electrons. The van der Waals surface area contributed by atoms with Crippen molar-refractivity contribution < 1.29 is 4.21 Å². The van der Waals surface area contributed by atoms with Crippen LogP contribution < -0.4 is 10.5 Å². The minimum atomic E-state index is -2.93. The number of rotatable bonds is 1. The van der Waals surface area contributed by atoms with Crippen molar-refractivity contribution >= 4 is 10.1 Å². The molecule has 6 heteroatoms. The molecule has 1 saturated heterocycles. The molecule has 1 fully saturated rings. The molecule has 1 aliphatic heterocycles. The smallest absolute Gasteiger partial charge is 0.170 e. The molecule has 0 aliphatic carbocycles. The zero-order chi connectivity index (χ0) is 7.61. The molecule has 0 bridgehead atoms. The van der Waals surface area contributed by atoms with Gasteiger partial charge in [0, 0.05) is 26.2 Å². The molecule has 0 aromatic carbocycles. The SMILES string of the molecule is N=S(N)(=O)N1CCNCC1. The Morgan fingerprint density at radius 2 is 2.00 bits per heavy atom. The molecule has 4 N–H and O–H groups in total. The summed E-state index contributed by atoms with van der Waals surface area (Å²) in [6.45, 7) is 2.76. The van der Waals surface area contributed by atoms with Crippen LogP contribution in [0.4, 0.5) is 0 Å². The van der Waals surface area contributed by atoms with E-state index in [4.69, 9.17) is 9.92 Å². The summed E-state index contributed by atoms with van der Waals surface area (Å²) in [5.41, 5.74) is 0. The minimum absolute atomic E-state index is 0.610. The number of piperazine rings is 1. The van der Waals surface area contributed by atoms with E-state index in [0.717, 1.165) is 13.1 Å². The number of hydrogen-bond acceptors (Lipinski definition) is 3. The summed E-state index contributed by atoms with van der Waals surface area (Å²) >= 11 is 0. The van der Waals surface area contributed by atoms with Gasteiger partial charge in [-0.25, -0.2) is 18.4 Å². The van der Waals surface area contributed by atoms with Crippen LogP contribution in [0.2, 0.25) is 0 Å². The Hall–Kier alpha value is -0.170. The van der Waals surface area contributed by atoms with Crippen LogP contribution in [0.3, 0.4) is 0 Å². The van der Waals surface area contributed by atoms with Gasteiger partial charge in [-0.3, -0.25) is 0 Å². The topological polar surface area (TPSA) is 82.2 Å². The standard InChI is InChI=1S/C4H12N4OS/c5-10(6,9)8-3-1-7-2-4-8/h7H,1-4H2,(H3,5,6,9). The fourth-order valence-corrected chi connectivity index (χ4v) is 1.64. The molecule has 1 unspecified atom stereocenters. The summed E-state index contributed by atoms with van der Waals surface area (Å²) in [6, 6.07) is 0. The molecule has 0 amide bonds. The van der Waals surface area contributed by atoms with Gasteiger partial charge < -0.3 is 5.32 Å². The van der Waals surface area contributed by atoms with Gasteiger partial charge in [0.1, 0.15) is 0 Å². The lowest BCUT2D eigenvalue weighted by Gasteiger charge is -2.25. The van der Waals surface area contributed by atoms with E-state index >= 15 is 0 Å². The van der Waals surface area contributed by atoms with Gasteiger partial charge in [-0.1, -0.05) is 0 Å². The average Bonchev–Trinajstić information content (AvgIpc) is 1.88. The summed E-state index contributed by atoms with van der Waals surface area (Å²) in [5.74, 6) is 0. The highest BCUT2D eigenvalue weighted by Gasteiger charge is 2.15. The van der Waals surface area contributed by atoms with Gasteiger partial charge in [-0.2, -0.15) is 0 Å². The number of nitrogens with zero attached hydrogens (tertiary/aromatic N) is 1. The summed E-state index contributed by atoms with van der Waals surface area (Å²) in [4.78, 5) is 0. The summed E-state index contributed by atoms with van der Waals surface area (Å²) in [5, 5.41) is 8.18. The third kappa shape index (κ3) is 1.91. The van der Waals surface area contributed by atoms with E-state index in [0.29, 0.717) is 13.1 Å². The fourth-order valence-electron chi connectivity index (χ4n) is 0.916. The first-order valence-corrected chi connectivity index (χ1v) is 4.71. The highest BCUT2D eigenvalue weighted by Crippen LogP contribution is 1.96. The lowest BCUT2D eigenvalue weighted by atomic mass is 10.4. The molecule has 0 spiro atoms. The number of nitrogens with one attached hydrogen (secondary N) is 2. The van der Waals surface area contributed by atoms with Crippen LogP contribution in [-0.4, -0.2) is 34.7 Å². The highest BCUT2D eigenvalue weighted by atomic mass is 32.2. The fraction of sp³-hybridized carbons (Fsp3) is 1.00. The van der Waals surface area contributed by atoms with Crippen molar-refractivity contribution in [1.29, 1.82) is 4.78 Å². The third-order valence-electron chi connectivity index (χ3n) is 1.46. The van der Waals surface area contributed by atoms with Crippen LogP contribution in [0, 0.1) is 4.78 Å². The summed E-state index contributed by atoms with van der Waals surface area (Å²) in [6.07, 6.45) is 0. The molecule has 1 rings (SSSR count). The highest BCUT2D eigenvalue weighted by molar-refractivity contribution is 7.87. The first-order chi connectivity index (χ1) is 4.61. The first kappa shape index (κ1) is 7.93. The summed E-state index contributed by atoms with van der Waals surface area (Å²) < 4.78 is 19.4. The van der Waals surface area contributed by atoms with Gasteiger partial charge in [0.2, 0.25) is 0 Å². The van der Waals surface area contributed by atoms with E-state index in [1.54, 1.807) is 0 Å². The van der Waals surface area contributed by atoms with E-state index in [1.165, 1.54) is 4.31 Å². The predicted octanol–water partition coefficient (Wildman–Crippen LogP) is -1.27. The van der Waals surface area contributed by atoms with Crippen LogP contribution in [0.25, 0.3) is 0 Å². The maximum Gasteiger partial charge on any atom is 0.170 e. The molecule has 10 heavy (non-hydrogen) atoms. The minimum Gasteiger partial charge on any atom is -0.314 e. The molecular weight excluding hydrogens is 152 g/mol. The molecule has 0 aromatic heterocycles. The molecule has 0 radical (unpaired) electrons. The van der Waals surface area contributed by atoms with Crippen LogP contribution >= 0.6 is 0 Å². The lowest BCUT2D eigenvalue weighted by Crippen LogP contribution is -2.48. The third-order valence-corrected chi connectivity index (χ3v) is 2.59. The molecule has 1 atom stereocenters. The second-order valence-electron chi connectivity index (χ2n) is 2.25. The van der Waals surface area contributed by atoms with Gasteiger partial charge in [0.15, 0.2) is 10.1 Å². The van der Waals surface area contributed by atoms with Crippen LogP contribution in [0.15, 0.2) is 0 Å². The Balaban J connectivity index is 2.56. The Bertz CT molecular complexity index is 193. The zero-order valence-corrected chi connectivity index (χ0v) is 6.49. The van der Waals surface area contributed by atoms with E-state index in [1.807, 2.05) is 0 Å². The van der Waals surface area contributed by atoms with Crippen molar-refractivity contribution in [2.75, 3.05) is 26.2 Å². The first-order valence-electron chi connectivity index (χ1n) is 3.13. The quantitative estimate of drug-likeness (QED) is 0.451. The number of hydrogen-bond donors (Lipinski definition) is 3. The van der Waals surface area contributed by atoms with Gasteiger partial charge >= 0.3 is 0 Å². The van der Waals surface area contributed by atoms with Crippen molar-refractivity contribution in [3.8, 4) is 0 Å².